The van der Waals surface area contributed by atoms with Crippen LogP contribution in [0.2, 0.25) is 0 Å². The molecule has 0 spiro atoms. The summed E-state index contributed by atoms with van der Waals surface area (Å²) < 4.78 is 1.29. The number of carbonyl (C=O) groups is 1. The minimum atomic E-state index is -0.547. The third kappa shape index (κ3) is 4.05. The van der Waals surface area contributed by atoms with Crippen molar-refractivity contribution >= 4 is 17.4 Å². The molecule has 1 amide bonds. The molecule has 10 nitrogen and oxygen atoms in total. The standard InChI is InChI=1S/C19H19N7O3/c27-19(22-11-14-3-6-18(21-10-14)24-7-1-2-8-24)15-4-5-16(17(9-15)26(28)29)25-13-20-12-23-25/h3-6,9-10,12-13H,1-2,7-8,11H2,(H,22,27). The summed E-state index contributed by atoms with van der Waals surface area (Å²) in [5.74, 6) is 0.541. The van der Waals surface area contributed by atoms with Crippen molar-refractivity contribution in [1.29, 1.82) is 0 Å². The van der Waals surface area contributed by atoms with Crippen LogP contribution in [0.25, 0.3) is 5.69 Å². The van der Waals surface area contributed by atoms with E-state index in [4.69, 9.17) is 0 Å². The van der Waals surface area contributed by atoms with Crippen LogP contribution in [-0.2, 0) is 6.54 Å². The van der Waals surface area contributed by atoms with Crippen molar-refractivity contribution in [3.8, 4) is 5.69 Å². The van der Waals surface area contributed by atoms with Gasteiger partial charge in [-0.3, -0.25) is 14.9 Å². The van der Waals surface area contributed by atoms with Crippen molar-refractivity contribution in [2.24, 2.45) is 0 Å². The first-order valence-corrected chi connectivity index (χ1v) is 9.23. The summed E-state index contributed by atoms with van der Waals surface area (Å²) in [6, 6.07) is 8.12. The van der Waals surface area contributed by atoms with Crippen molar-refractivity contribution in [2.45, 2.75) is 19.4 Å². The van der Waals surface area contributed by atoms with E-state index < -0.39 is 10.8 Å². The van der Waals surface area contributed by atoms with Gasteiger partial charge in [0.1, 0.15) is 24.2 Å². The summed E-state index contributed by atoms with van der Waals surface area (Å²) in [6.07, 6.45) is 6.75. The van der Waals surface area contributed by atoms with Gasteiger partial charge in [0.15, 0.2) is 0 Å². The maximum Gasteiger partial charge on any atom is 0.295 e. The lowest BCUT2D eigenvalue weighted by atomic mass is 10.1. The van der Waals surface area contributed by atoms with Crippen molar-refractivity contribution in [3.63, 3.8) is 0 Å². The first-order chi connectivity index (χ1) is 14.1. The molecule has 0 bridgehead atoms. The predicted molar refractivity (Wildman–Crippen MR) is 105 cm³/mol. The maximum atomic E-state index is 12.5. The van der Waals surface area contributed by atoms with E-state index >= 15 is 0 Å². The zero-order valence-electron chi connectivity index (χ0n) is 15.6. The summed E-state index contributed by atoms with van der Waals surface area (Å²) in [5.41, 5.74) is 1.07. The third-order valence-electron chi connectivity index (χ3n) is 4.79. The summed E-state index contributed by atoms with van der Waals surface area (Å²) in [6.45, 7) is 2.32. The normalized spacial score (nSPS) is 13.4. The van der Waals surface area contributed by atoms with Gasteiger partial charge in [-0.1, -0.05) is 6.07 Å². The highest BCUT2D eigenvalue weighted by molar-refractivity contribution is 5.95. The molecule has 10 heteroatoms. The number of anilines is 1. The van der Waals surface area contributed by atoms with Gasteiger partial charge in [0, 0.05) is 37.5 Å². The Kier molecular flexibility index (Phi) is 5.14. The quantitative estimate of drug-likeness (QED) is 0.503. The number of nitrogens with one attached hydrogen (secondary N) is 1. The number of nitrogens with zero attached hydrogens (tertiary/aromatic N) is 6. The Bertz CT molecular complexity index is 1010. The molecule has 2 aromatic heterocycles. The van der Waals surface area contributed by atoms with Crippen LogP contribution in [-0.4, -0.2) is 43.7 Å². The van der Waals surface area contributed by atoms with Crippen LogP contribution in [0, 0.1) is 10.1 Å². The first kappa shape index (κ1) is 18.5. The maximum absolute atomic E-state index is 12.5. The Morgan fingerprint density at radius 2 is 2.03 bits per heavy atom. The minimum absolute atomic E-state index is 0.196. The number of aromatic nitrogens is 4. The van der Waals surface area contributed by atoms with Crippen LogP contribution in [0.4, 0.5) is 11.5 Å². The van der Waals surface area contributed by atoms with E-state index in [1.165, 1.54) is 48.4 Å². The van der Waals surface area contributed by atoms with Crippen LogP contribution in [0.15, 0.2) is 49.2 Å². The van der Waals surface area contributed by atoms with Crippen molar-refractivity contribution in [2.75, 3.05) is 18.0 Å². The highest BCUT2D eigenvalue weighted by Gasteiger charge is 2.19. The molecule has 29 heavy (non-hydrogen) atoms. The molecule has 0 unspecified atom stereocenters. The number of carbonyl (C=O) groups excluding carboxylic acids is 1. The van der Waals surface area contributed by atoms with Crippen LogP contribution >= 0.6 is 0 Å². The molecule has 1 saturated heterocycles. The smallest absolute Gasteiger partial charge is 0.295 e. The Hall–Kier alpha value is -3.82. The van der Waals surface area contributed by atoms with E-state index in [0.29, 0.717) is 0 Å². The van der Waals surface area contributed by atoms with Gasteiger partial charge in [0.2, 0.25) is 0 Å². The largest absolute Gasteiger partial charge is 0.357 e. The number of hydrogen-bond acceptors (Lipinski definition) is 7. The van der Waals surface area contributed by atoms with Gasteiger partial charge in [-0.15, -0.1) is 0 Å². The SMILES string of the molecule is O=C(NCc1ccc(N2CCCC2)nc1)c1ccc(-n2cncn2)c([N+](=O)[O-])c1. The summed E-state index contributed by atoms with van der Waals surface area (Å²) in [5, 5.41) is 18.1. The van der Waals surface area contributed by atoms with E-state index in [1.807, 2.05) is 12.1 Å². The van der Waals surface area contributed by atoms with Gasteiger partial charge in [-0.25, -0.2) is 14.6 Å². The molecule has 1 aliphatic heterocycles. The predicted octanol–water partition coefficient (Wildman–Crippen LogP) is 2.10. The highest BCUT2D eigenvalue weighted by atomic mass is 16.6. The van der Waals surface area contributed by atoms with Gasteiger partial charge in [-0.05, 0) is 36.6 Å². The number of hydrogen-bond donors (Lipinski definition) is 1. The first-order valence-electron chi connectivity index (χ1n) is 9.23. The number of amides is 1. The van der Waals surface area contributed by atoms with Gasteiger partial charge >= 0.3 is 0 Å². The van der Waals surface area contributed by atoms with Gasteiger partial charge in [0.25, 0.3) is 11.6 Å². The monoisotopic (exact) mass is 393 g/mol. The topological polar surface area (TPSA) is 119 Å². The second-order valence-corrected chi connectivity index (χ2v) is 6.70. The molecule has 0 atom stereocenters. The molecule has 0 radical (unpaired) electrons. The van der Waals surface area contributed by atoms with Crippen LogP contribution in [0.5, 0.6) is 0 Å². The van der Waals surface area contributed by atoms with Gasteiger partial charge in [-0.2, -0.15) is 5.10 Å². The molecule has 1 aliphatic rings. The lowest BCUT2D eigenvalue weighted by Crippen LogP contribution is -2.23. The second-order valence-electron chi connectivity index (χ2n) is 6.70. The Morgan fingerprint density at radius 3 is 2.69 bits per heavy atom. The second kappa shape index (κ2) is 8.05. The molecular formula is C19H19N7O3. The number of nitro groups is 1. The Morgan fingerprint density at radius 1 is 1.21 bits per heavy atom. The molecule has 148 valence electrons. The third-order valence-corrected chi connectivity index (χ3v) is 4.79. The van der Waals surface area contributed by atoms with E-state index in [2.05, 4.69) is 25.3 Å². The number of nitro benzene ring substituents is 1. The lowest BCUT2D eigenvalue weighted by molar-refractivity contribution is -0.384. The molecule has 0 aliphatic carbocycles. The van der Waals surface area contributed by atoms with Crippen molar-refractivity contribution in [3.05, 3.63) is 70.4 Å². The zero-order valence-corrected chi connectivity index (χ0v) is 15.6. The molecule has 1 aromatic carbocycles. The van der Waals surface area contributed by atoms with Crippen molar-refractivity contribution in [1.82, 2.24) is 25.1 Å². The molecule has 3 heterocycles. The minimum Gasteiger partial charge on any atom is -0.357 e. The van der Waals surface area contributed by atoms with Crippen LogP contribution < -0.4 is 10.2 Å². The van der Waals surface area contributed by atoms with Crippen LogP contribution in [0.3, 0.4) is 0 Å². The van der Waals surface area contributed by atoms with E-state index in [-0.39, 0.29) is 23.5 Å². The molecule has 3 aromatic rings. The molecular weight excluding hydrogens is 374 g/mol. The lowest BCUT2D eigenvalue weighted by Gasteiger charge is -2.16. The van der Waals surface area contributed by atoms with Gasteiger partial charge < -0.3 is 10.2 Å². The molecule has 1 N–H and O–H groups in total. The van der Waals surface area contributed by atoms with E-state index in [0.717, 1.165) is 24.5 Å². The average Bonchev–Trinajstić information content (AvgIpc) is 3.46. The molecule has 1 fully saturated rings. The number of rotatable bonds is 6. The fourth-order valence-corrected chi connectivity index (χ4v) is 3.28. The fourth-order valence-electron chi connectivity index (χ4n) is 3.28. The Balaban J connectivity index is 1.44. The van der Waals surface area contributed by atoms with Gasteiger partial charge in [0.05, 0.1) is 4.92 Å². The van der Waals surface area contributed by atoms with E-state index in [1.54, 1.807) is 6.20 Å². The molecule has 0 saturated carbocycles. The molecule has 4 rings (SSSR count). The Labute approximate surface area is 166 Å². The van der Waals surface area contributed by atoms with Crippen LogP contribution in [0.1, 0.15) is 28.8 Å². The van der Waals surface area contributed by atoms with Crippen molar-refractivity contribution < 1.29 is 9.72 Å². The number of benzene rings is 1. The summed E-state index contributed by atoms with van der Waals surface area (Å²) in [7, 11) is 0. The summed E-state index contributed by atoms with van der Waals surface area (Å²) in [4.78, 5) is 33.8. The highest BCUT2D eigenvalue weighted by Crippen LogP contribution is 2.23. The average molecular weight is 393 g/mol. The summed E-state index contributed by atoms with van der Waals surface area (Å²) >= 11 is 0. The fraction of sp³-hybridized carbons (Fsp3) is 0.263. The number of pyridine rings is 1. The zero-order chi connectivity index (χ0) is 20.2. The van der Waals surface area contributed by atoms with E-state index in [9.17, 15) is 14.9 Å².